The van der Waals surface area contributed by atoms with Crippen LogP contribution < -0.4 is 20.1 Å². The van der Waals surface area contributed by atoms with Crippen LogP contribution in [0.4, 0.5) is 0 Å². The third kappa shape index (κ3) is 7.40. The average molecular weight is 526 g/mol. The van der Waals surface area contributed by atoms with Crippen molar-refractivity contribution >= 4 is 35.8 Å². The standard InChI is InChI=1S/C22H30N4O3.HI/c1-23-22(24-13-12-16-8-11-19(28-4)20(14-16)29-5)25-15-17-6-9-18(10-7-17)21(27)26(2)3;/h6-11,14H,12-13,15H2,1-5H3,(H2,23,24,25);1H. The number of carbonyl (C=O) groups is 1. The Labute approximate surface area is 195 Å². The molecule has 0 aliphatic heterocycles. The van der Waals surface area contributed by atoms with E-state index >= 15 is 0 Å². The Kier molecular flexibility index (Phi) is 11.0. The second kappa shape index (κ2) is 12.9. The first kappa shape index (κ1) is 25.5. The van der Waals surface area contributed by atoms with Gasteiger partial charge in [0.25, 0.3) is 5.91 Å². The summed E-state index contributed by atoms with van der Waals surface area (Å²) in [6.45, 7) is 1.35. The number of ether oxygens (including phenoxy) is 2. The molecule has 2 rings (SSSR count). The maximum Gasteiger partial charge on any atom is 0.253 e. The number of rotatable bonds is 8. The van der Waals surface area contributed by atoms with Crippen molar-refractivity contribution in [2.24, 2.45) is 4.99 Å². The molecule has 2 N–H and O–H groups in total. The van der Waals surface area contributed by atoms with Gasteiger partial charge in [-0.15, -0.1) is 24.0 Å². The van der Waals surface area contributed by atoms with Gasteiger partial charge in [0.15, 0.2) is 17.5 Å². The van der Waals surface area contributed by atoms with Crippen molar-refractivity contribution in [2.45, 2.75) is 13.0 Å². The van der Waals surface area contributed by atoms with Gasteiger partial charge >= 0.3 is 0 Å². The number of hydrogen-bond acceptors (Lipinski definition) is 4. The van der Waals surface area contributed by atoms with Crippen molar-refractivity contribution in [1.29, 1.82) is 0 Å². The molecule has 7 nitrogen and oxygen atoms in total. The molecule has 2 aromatic rings. The summed E-state index contributed by atoms with van der Waals surface area (Å²) in [5, 5.41) is 6.59. The van der Waals surface area contributed by atoms with Crippen LogP contribution in [-0.2, 0) is 13.0 Å². The third-order valence-corrected chi connectivity index (χ3v) is 4.44. The number of methoxy groups -OCH3 is 2. The molecule has 2 aromatic carbocycles. The first-order chi connectivity index (χ1) is 14.0. The van der Waals surface area contributed by atoms with E-state index in [-0.39, 0.29) is 29.9 Å². The zero-order valence-corrected chi connectivity index (χ0v) is 20.5. The second-order valence-corrected chi connectivity index (χ2v) is 6.69. The summed E-state index contributed by atoms with van der Waals surface area (Å²) in [4.78, 5) is 17.8. The Balaban J connectivity index is 0.00000450. The van der Waals surface area contributed by atoms with Crippen molar-refractivity contribution in [3.8, 4) is 11.5 Å². The maximum absolute atomic E-state index is 11.9. The van der Waals surface area contributed by atoms with E-state index in [9.17, 15) is 4.79 Å². The number of nitrogens with zero attached hydrogens (tertiary/aromatic N) is 2. The fourth-order valence-corrected chi connectivity index (χ4v) is 2.79. The summed E-state index contributed by atoms with van der Waals surface area (Å²) in [5.74, 6) is 2.17. The summed E-state index contributed by atoms with van der Waals surface area (Å²) in [6.07, 6.45) is 0.822. The number of hydrogen-bond donors (Lipinski definition) is 2. The summed E-state index contributed by atoms with van der Waals surface area (Å²) in [7, 11) is 8.49. The molecule has 164 valence electrons. The minimum Gasteiger partial charge on any atom is -0.493 e. The fourth-order valence-electron chi connectivity index (χ4n) is 2.79. The van der Waals surface area contributed by atoms with Gasteiger partial charge < -0.3 is 25.0 Å². The molecule has 8 heteroatoms. The summed E-state index contributed by atoms with van der Waals surface area (Å²) < 4.78 is 10.6. The lowest BCUT2D eigenvalue weighted by Crippen LogP contribution is -2.37. The molecule has 0 aliphatic carbocycles. The zero-order valence-electron chi connectivity index (χ0n) is 18.2. The Bertz CT molecular complexity index is 839. The fraction of sp³-hybridized carbons (Fsp3) is 0.364. The molecule has 1 amide bonds. The number of benzene rings is 2. The van der Waals surface area contributed by atoms with E-state index in [1.54, 1.807) is 40.3 Å². The molecule has 0 radical (unpaired) electrons. The number of aliphatic imine (C=N–C) groups is 1. The summed E-state index contributed by atoms with van der Waals surface area (Å²) in [5.41, 5.74) is 2.89. The van der Waals surface area contributed by atoms with Gasteiger partial charge in [-0.05, 0) is 41.8 Å². The topological polar surface area (TPSA) is 75.2 Å². The van der Waals surface area contributed by atoms with Gasteiger partial charge in [0, 0.05) is 39.8 Å². The molecule has 0 aromatic heterocycles. The van der Waals surface area contributed by atoms with Crippen molar-refractivity contribution in [3.05, 3.63) is 59.2 Å². The molecular formula is C22H31IN4O3. The highest BCUT2D eigenvalue weighted by Crippen LogP contribution is 2.27. The molecule has 0 unspecified atom stereocenters. The van der Waals surface area contributed by atoms with E-state index in [0.29, 0.717) is 12.1 Å². The second-order valence-electron chi connectivity index (χ2n) is 6.69. The molecular weight excluding hydrogens is 495 g/mol. The predicted octanol–water partition coefficient (Wildman–Crippen LogP) is 2.93. The molecule has 0 fully saturated rings. The minimum atomic E-state index is -0.00264. The SMILES string of the molecule is CN=C(NCCc1ccc(OC)c(OC)c1)NCc1ccc(C(=O)N(C)C)cc1.I. The Morgan fingerprint density at radius 1 is 0.967 bits per heavy atom. The largest absolute Gasteiger partial charge is 0.493 e. The van der Waals surface area contributed by atoms with Crippen LogP contribution in [-0.4, -0.2) is 58.7 Å². The highest BCUT2D eigenvalue weighted by molar-refractivity contribution is 14.0. The number of guanidine groups is 1. The lowest BCUT2D eigenvalue weighted by molar-refractivity contribution is 0.0827. The van der Waals surface area contributed by atoms with Gasteiger partial charge in [-0.3, -0.25) is 9.79 Å². The number of halogens is 1. The number of amides is 1. The van der Waals surface area contributed by atoms with Gasteiger partial charge in [0.2, 0.25) is 0 Å². The van der Waals surface area contributed by atoms with Crippen LogP contribution in [0.1, 0.15) is 21.5 Å². The number of carbonyl (C=O) groups excluding carboxylic acids is 1. The van der Waals surface area contributed by atoms with E-state index in [1.165, 1.54) is 0 Å². The molecule has 0 spiro atoms. The van der Waals surface area contributed by atoms with E-state index in [1.807, 2.05) is 42.5 Å². The molecule has 0 saturated carbocycles. The first-order valence-corrected chi connectivity index (χ1v) is 9.44. The van der Waals surface area contributed by atoms with Crippen molar-refractivity contribution in [1.82, 2.24) is 15.5 Å². The quantitative estimate of drug-likeness (QED) is 0.315. The Morgan fingerprint density at radius 2 is 1.60 bits per heavy atom. The van der Waals surface area contributed by atoms with Crippen LogP contribution >= 0.6 is 24.0 Å². The minimum absolute atomic E-state index is 0. The van der Waals surface area contributed by atoms with Crippen LogP contribution in [0.15, 0.2) is 47.5 Å². The summed E-state index contributed by atoms with van der Waals surface area (Å²) in [6, 6.07) is 13.5. The first-order valence-electron chi connectivity index (χ1n) is 9.44. The van der Waals surface area contributed by atoms with Gasteiger partial charge in [-0.25, -0.2) is 0 Å². The molecule has 0 saturated heterocycles. The van der Waals surface area contributed by atoms with E-state index in [2.05, 4.69) is 15.6 Å². The predicted molar refractivity (Wildman–Crippen MR) is 131 cm³/mol. The Morgan fingerprint density at radius 3 is 2.17 bits per heavy atom. The van der Waals surface area contributed by atoms with Crippen molar-refractivity contribution in [3.63, 3.8) is 0 Å². The van der Waals surface area contributed by atoms with Crippen LogP contribution in [0.3, 0.4) is 0 Å². The number of nitrogens with one attached hydrogen (secondary N) is 2. The molecule has 0 bridgehead atoms. The van der Waals surface area contributed by atoms with E-state index in [0.717, 1.165) is 41.6 Å². The van der Waals surface area contributed by atoms with Gasteiger partial charge in [-0.2, -0.15) is 0 Å². The van der Waals surface area contributed by atoms with Crippen LogP contribution in [0.25, 0.3) is 0 Å². The normalized spacial score (nSPS) is 10.6. The van der Waals surface area contributed by atoms with E-state index < -0.39 is 0 Å². The van der Waals surface area contributed by atoms with Crippen LogP contribution in [0, 0.1) is 0 Å². The lowest BCUT2D eigenvalue weighted by Gasteiger charge is -2.14. The van der Waals surface area contributed by atoms with Crippen molar-refractivity contribution < 1.29 is 14.3 Å². The highest BCUT2D eigenvalue weighted by Gasteiger charge is 2.08. The Hall–Kier alpha value is -2.49. The maximum atomic E-state index is 11.9. The van der Waals surface area contributed by atoms with Gasteiger partial charge in [0.05, 0.1) is 14.2 Å². The smallest absolute Gasteiger partial charge is 0.253 e. The average Bonchev–Trinajstić information content (AvgIpc) is 2.75. The highest BCUT2D eigenvalue weighted by atomic mass is 127. The lowest BCUT2D eigenvalue weighted by atomic mass is 10.1. The van der Waals surface area contributed by atoms with Gasteiger partial charge in [-0.1, -0.05) is 18.2 Å². The molecule has 30 heavy (non-hydrogen) atoms. The van der Waals surface area contributed by atoms with Crippen LogP contribution in [0.5, 0.6) is 11.5 Å². The molecule has 0 aliphatic rings. The third-order valence-electron chi connectivity index (χ3n) is 4.44. The monoisotopic (exact) mass is 526 g/mol. The zero-order chi connectivity index (χ0) is 21.2. The molecule has 0 atom stereocenters. The van der Waals surface area contributed by atoms with E-state index in [4.69, 9.17) is 9.47 Å². The van der Waals surface area contributed by atoms with Crippen molar-refractivity contribution in [2.75, 3.05) is 41.9 Å². The molecule has 0 heterocycles. The van der Waals surface area contributed by atoms with Gasteiger partial charge in [0.1, 0.15) is 0 Å². The van der Waals surface area contributed by atoms with Crippen LogP contribution in [0.2, 0.25) is 0 Å². The summed E-state index contributed by atoms with van der Waals surface area (Å²) >= 11 is 0.